The zero-order valence-corrected chi connectivity index (χ0v) is 14.9. The summed E-state index contributed by atoms with van der Waals surface area (Å²) < 4.78 is 0. The number of amides is 2. The topological polar surface area (TPSA) is 78.4 Å². The first-order valence-electron chi connectivity index (χ1n) is 9.85. The van der Waals surface area contributed by atoms with Crippen molar-refractivity contribution >= 4 is 11.8 Å². The highest BCUT2D eigenvalue weighted by Crippen LogP contribution is 2.26. The average molecular weight is 338 g/mol. The maximum absolute atomic E-state index is 11.9. The van der Waals surface area contributed by atoms with Gasteiger partial charge in [-0.25, -0.2) is 0 Å². The van der Waals surface area contributed by atoms with Crippen LogP contribution in [-0.4, -0.2) is 36.1 Å². The first-order chi connectivity index (χ1) is 11.6. The fourth-order valence-corrected chi connectivity index (χ4v) is 3.99. The lowest BCUT2D eigenvalue weighted by Gasteiger charge is -2.22. The van der Waals surface area contributed by atoms with Crippen molar-refractivity contribution in [1.29, 1.82) is 0 Å². The van der Waals surface area contributed by atoms with Gasteiger partial charge in [-0.3, -0.25) is 9.59 Å². The van der Waals surface area contributed by atoms with E-state index in [9.17, 15) is 14.7 Å². The fourth-order valence-electron chi connectivity index (χ4n) is 3.99. The summed E-state index contributed by atoms with van der Waals surface area (Å²) in [5.74, 6) is 1.06. The van der Waals surface area contributed by atoms with Crippen LogP contribution in [-0.2, 0) is 9.59 Å². The number of carbonyl (C=O) groups is 2. The molecule has 0 aromatic carbocycles. The largest absolute Gasteiger partial charge is 0.389 e. The van der Waals surface area contributed by atoms with Crippen LogP contribution in [0.3, 0.4) is 0 Å². The molecule has 0 saturated heterocycles. The van der Waals surface area contributed by atoms with Crippen molar-refractivity contribution in [3.63, 3.8) is 0 Å². The zero-order valence-electron chi connectivity index (χ0n) is 14.9. The minimum atomic E-state index is -0.712. The molecule has 138 valence electrons. The molecule has 2 saturated carbocycles. The van der Waals surface area contributed by atoms with E-state index in [4.69, 9.17) is 0 Å². The molecule has 2 amide bonds. The lowest BCUT2D eigenvalue weighted by Crippen LogP contribution is -2.40. The molecule has 0 aliphatic heterocycles. The van der Waals surface area contributed by atoms with E-state index < -0.39 is 6.10 Å². The number of rotatable bonds is 8. The zero-order chi connectivity index (χ0) is 17.2. The van der Waals surface area contributed by atoms with E-state index in [1.165, 1.54) is 38.5 Å². The summed E-state index contributed by atoms with van der Waals surface area (Å²) in [6.45, 7) is 0.435. The minimum Gasteiger partial charge on any atom is -0.389 e. The second-order valence-corrected chi connectivity index (χ2v) is 7.68. The molecule has 0 aromatic heterocycles. The van der Waals surface area contributed by atoms with Gasteiger partial charge in [0.1, 0.15) is 0 Å². The smallest absolute Gasteiger partial charge is 0.220 e. The second kappa shape index (κ2) is 10.7. The van der Waals surface area contributed by atoms with Crippen molar-refractivity contribution in [3.05, 3.63) is 0 Å². The summed E-state index contributed by atoms with van der Waals surface area (Å²) in [6.07, 6.45) is 12.5. The third-order valence-corrected chi connectivity index (χ3v) is 5.47. The lowest BCUT2D eigenvalue weighted by atomic mass is 9.87. The highest BCUT2D eigenvalue weighted by Gasteiger charge is 2.19. The Kier molecular flexibility index (Phi) is 8.57. The van der Waals surface area contributed by atoms with E-state index in [1.807, 2.05) is 0 Å². The SMILES string of the molecule is O=C(CC1CCCCC1)NCC(O)CNC(=O)CC1CCCCC1. The molecule has 0 radical (unpaired) electrons. The van der Waals surface area contributed by atoms with Gasteiger partial charge in [-0.15, -0.1) is 0 Å². The van der Waals surface area contributed by atoms with Gasteiger partial charge in [0.05, 0.1) is 6.10 Å². The minimum absolute atomic E-state index is 0.0227. The number of aliphatic hydroxyl groups excluding tert-OH is 1. The molecule has 0 unspecified atom stereocenters. The third kappa shape index (κ3) is 7.65. The summed E-state index contributed by atoms with van der Waals surface area (Å²) >= 11 is 0. The average Bonchev–Trinajstić information content (AvgIpc) is 2.60. The molecule has 0 spiro atoms. The predicted molar refractivity (Wildman–Crippen MR) is 94.4 cm³/mol. The van der Waals surface area contributed by atoms with Crippen molar-refractivity contribution in [2.75, 3.05) is 13.1 Å². The number of hydrogen-bond donors (Lipinski definition) is 3. The fraction of sp³-hybridized carbons (Fsp3) is 0.895. The highest BCUT2D eigenvalue weighted by atomic mass is 16.3. The number of aliphatic hydroxyl groups is 1. The molecule has 24 heavy (non-hydrogen) atoms. The Morgan fingerprint density at radius 1 is 0.750 bits per heavy atom. The quantitative estimate of drug-likeness (QED) is 0.636. The van der Waals surface area contributed by atoms with Crippen molar-refractivity contribution in [1.82, 2.24) is 10.6 Å². The Hall–Kier alpha value is -1.10. The molecule has 5 heteroatoms. The van der Waals surface area contributed by atoms with Crippen molar-refractivity contribution in [2.24, 2.45) is 11.8 Å². The van der Waals surface area contributed by atoms with Crippen molar-refractivity contribution < 1.29 is 14.7 Å². The Morgan fingerprint density at radius 2 is 1.12 bits per heavy atom. The molecule has 2 aliphatic carbocycles. The van der Waals surface area contributed by atoms with E-state index in [0.29, 0.717) is 24.7 Å². The molecule has 2 rings (SSSR count). The monoisotopic (exact) mass is 338 g/mol. The van der Waals surface area contributed by atoms with Gasteiger partial charge in [-0.1, -0.05) is 38.5 Å². The van der Waals surface area contributed by atoms with Gasteiger partial charge in [-0.05, 0) is 37.5 Å². The van der Waals surface area contributed by atoms with Crippen LogP contribution in [0.4, 0.5) is 0 Å². The van der Waals surface area contributed by atoms with Gasteiger partial charge in [0.2, 0.25) is 11.8 Å². The van der Waals surface area contributed by atoms with E-state index in [1.54, 1.807) is 0 Å². The summed E-state index contributed by atoms with van der Waals surface area (Å²) in [5.41, 5.74) is 0. The van der Waals surface area contributed by atoms with Crippen LogP contribution in [0.1, 0.15) is 77.0 Å². The molecule has 2 fully saturated rings. The predicted octanol–water partition coefficient (Wildman–Crippen LogP) is 2.52. The molecular formula is C19H34N2O3. The maximum atomic E-state index is 11.9. The van der Waals surface area contributed by atoms with Crippen molar-refractivity contribution in [3.8, 4) is 0 Å². The van der Waals surface area contributed by atoms with Gasteiger partial charge in [-0.2, -0.15) is 0 Å². The summed E-state index contributed by atoms with van der Waals surface area (Å²) in [4.78, 5) is 23.8. The molecule has 0 atom stereocenters. The lowest BCUT2D eigenvalue weighted by molar-refractivity contribution is -0.122. The molecule has 0 aromatic rings. The van der Waals surface area contributed by atoms with Gasteiger partial charge in [0, 0.05) is 25.9 Å². The number of nitrogens with one attached hydrogen (secondary N) is 2. The summed E-state index contributed by atoms with van der Waals surface area (Å²) in [5, 5.41) is 15.5. The van der Waals surface area contributed by atoms with E-state index in [0.717, 1.165) is 25.7 Å². The Bertz CT molecular complexity index is 352. The Balaban J connectivity index is 1.52. The Morgan fingerprint density at radius 3 is 1.50 bits per heavy atom. The van der Waals surface area contributed by atoms with E-state index >= 15 is 0 Å². The first kappa shape index (κ1) is 19.2. The van der Waals surface area contributed by atoms with E-state index in [2.05, 4.69) is 10.6 Å². The standard InChI is InChI=1S/C19H34N2O3/c22-17(13-20-18(23)11-15-7-3-1-4-8-15)14-21-19(24)12-16-9-5-2-6-10-16/h15-17,22H,1-14H2,(H,20,23)(H,21,24). The summed E-state index contributed by atoms with van der Waals surface area (Å²) in [7, 11) is 0. The van der Waals surface area contributed by atoms with Crippen LogP contribution < -0.4 is 10.6 Å². The van der Waals surface area contributed by atoms with Crippen molar-refractivity contribution in [2.45, 2.75) is 83.2 Å². The van der Waals surface area contributed by atoms with Crippen LogP contribution in [0.5, 0.6) is 0 Å². The first-order valence-corrected chi connectivity index (χ1v) is 9.85. The molecule has 3 N–H and O–H groups in total. The van der Waals surface area contributed by atoms with Gasteiger partial charge >= 0.3 is 0 Å². The normalized spacial score (nSPS) is 20.1. The van der Waals surface area contributed by atoms with Gasteiger partial charge in [0.15, 0.2) is 0 Å². The number of carbonyl (C=O) groups excluding carboxylic acids is 2. The van der Waals surface area contributed by atoms with Gasteiger partial charge in [0.25, 0.3) is 0 Å². The molecule has 0 bridgehead atoms. The van der Waals surface area contributed by atoms with Crippen LogP contribution in [0.15, 0.2) is 0 Å². The summed E-state index contributed by atoms with van der Waals surface area (Å²) in [6, 6.07) is 0. The van der Waals surface area contributed by atoms with Crippen LogP contribution in [0.25, 0.3) is 0 Å². The molecule has 5 nitrogen and oxygen atoms in total. The van der Waals surface area contributed by atoms with Crippen LogP contribution in [0.2, 0.25) is 0 Å². The Labute approximate surface area is 146 Å². The highest BCUT2D eigenvalue weighted by molar-refractivity contribution is 5.76. The molecule has 0 heterocycles. The van der Waals surface area contributed by atoms with Crippen LogP contribution in [0, 0.1) is 11.8 Å². The van der Waals surface area contributed by atoms with E-state index in [-0.39, 0.29) is 24.9 Å². The maximum Gasteiger partial charge on any atom is 0.220 e. The van der Waals surface area contributed by atoms with Gasteiger partial charge < -0.3 is 15.7 Å². The molecular weight excluding hydrogens is 304 g/mol. The third-order valence-electron chi connectivity index (χ3n) is 5.47. The number of hydrogen-bond acceptors (Lipinski definition) is 3. The second-order valence-electron chi connectivity index (χ2n) is 7.68. The van der Waals surface area contributed by atoms with Crippen LogP contribution >= 0.6 is 0 Å². The molecule has 2 aliphatic rings.